The topological polar surface area (TPSA) is 37.8 Å². The van der Waals surface area contributed by atoms with Crippen LogP contribution in [0.2, 0.25) is 0 Å². The Morgan fingerprint density at radius 1 is 1.41 bits per heavy atom. The first kappa shape index (κ1) is 14.9. The third kappa shape index (κ3) is 5.36. The maximum absolute atomic E-state index is 4.39. The molecule has 0 radical (unpaired) electrons. The highest BCUT2D eigenvalue weighted by molar-refractivity contribution is 8.00. The summed E-state index contributed by atoms with van der Waals surface area (Å²) in [6.45, 7) is 9.83. The third-order valence-corrected chi connectivity index (χ3v) is 4.93. The fourth-order valence-corrected chi connectivity index (χ4v) is 3.45. The van der Waals surface area contributed by atoms with Gasteiger partial charge in [0.2, 0.25) is 0 Å². The van der Waals surface area contributed by atoms with E-state index in [2.05, 4.69) is 35.4 Å². The Bertz CT molecular complexity index is 314. The van der Waals surface area contributed by atoms with Gasteiger partial charge in [-0.15, -0.1) is 0 Å². The first-order valence-electron chi connectivity index (χ1n) is 6.33. The van der Waals surface area contributed by atoms with E-state index in [0.29, 0.717) is 12.0 Å². The maximum Gasteiger partial charge on any atom is 0.170 e. The highest BCUT2D eigenvalue weighted by atomic mass is 32.2. The van der Waals surface area contributed by atoms with Crippen LogP contribution < -0.4 is 5.32 Å². The van der Waals surface area contributed by atoms with Crippen LogP contribution in [0.3, 0.4) is 0 Å². The molecule has 0 spiro atoms. The van der Waals surface area contributed by atoms with Crippen LogP contribution in [0.5, 0.6) is 0 Å². The van der Waals surface area contributed by atoms with Crippen molar-refractivity contribution in [2.45, 2.75) is 50.9 Å². The Kier molecular flexibility index (Phi) is 7.08. The monoisotopic (exact) mass is 273 g/mol. The Labute approximate surface area is 113 Å². The zero-order chi connectivity index (χ0) is 12.7. The van der Waals surface area contributed by atoms with E-state index >= 15 is 0 Å². The van der Waals surface area contributed by atoms with Gasteiger partial charge in [0.15, 0.2) is 4.34 Å². The van der Waals surface area contributed by atoms with Crippen LogP contribution in [0, 0.1) is 12.8 Å². The average molecular weight is 273 g/mol. The molecule has 17 heavy (non-hydrogen) atoms. The molecule has 1 heterocycles. The summed E-state index contributed by atoms with van der Waals surface area (Å²) in [5.41, 5.74) is 0. The van der Waals surface area contributed by atoms with E-state index in [9.17, 15) is 0 Å². The second-order valence-electron chi connectivity index (χ2n) is 4.36. The van der Waals surface area contributed by atoms with Gasteiger partial charge in [0.1, 0.15) is 5.82 Å². The van der Waals surface area contributed by atoms with Gasteiger partial charge in [-0.2, -0.15) is 4.37 Å². The van der Waals surface area contributed by atoms with Crippen molar-refractivity contribution in [1.82, 2.24) is 14.7 Å². The van der Waals surface area contributed by atoms with E-state index in [1.54, 1.807) is 0 Å². The molecule has 3 nitrogen and oxygen atoms in total. The molecule has 5 heteroatoms. The molecular formula is C12H23N3S2. The lowest BCUT2D eigenvalue weighted by Crippen LogP contribution is -2.37. The predicted molar refractivity (Wildman–Crippen MR) is 76.9 cm³/mol. The fraction of sp³-hybridized carbons (Fsp3) is 0.833. The minimum atomic E-state index is 0.578. The summed E-state index contributed by atoms with van der Waals surface area (Å²) in [5.74, 6) is 2.69. The molecule has 0 saturated heterocycles. The van der Waals surface area contributed by atoms with E-state index < -0.39 is 0 Å². The van der Waals surface area contributed by atoms with Gasteiger partial charge in [0.25, 0.3) is 0 Å². The van der Waals surface area contributed by atoms with Crippen molar-refractivity contribution in [2.24, 2.45) is 5.92 Å². The number of hydrogen-bond donors (Lipinski definition) is 1. The molecule has 2 unspecified atom stereocenters. The number of hydrogen-bond acceptors (Lipinski definition) is 5. The second-order valence-corrected chi connectivity index (χ2v) is 6.38. The van der Waals surface area contributed by atoms with Crippen molar-refractivity contribution < 1.29 is 0 Å². The summed E-state index contributed by atoms with van der Waals surface area (Å²) in [4.78, 5) is 4.39. The zero-order valence-corrected chi connectivity index (χ0v) is 12.8. The fourth-order valence-electron chi connectivity index (χ4n) is 1.54. The number of rotatable bonds is 8. The van der Waals surface area contributed by atoms with Gasteiger partial charge in [-0.25, -0.2) is 4.98 Å². The lowest BCUT2D eigenvalue weighted by molar-refractivity contribution is 0.397. The molecule has 98 valence electrons. The molecule has 0 amide bonds. The molecule has 0 aromatic carbocycles. The van der Waals surface area contributed by atoms with E-state index in [0.717, 1.165) is 22.5 Å². The van der Waals surface area contributed by atoms with Gasteiger partial charge in [-0.3, -0.25) is 0 Å². The molecule has 1 rings (SSSR count). The number of thioether (sulfide) groups is 1. The van der Waals surface area contributed by atoms with Crippen LogP contribution in [0.15, 0.2) is 4.34 Å². The summed E-state index contributed by atoms with van der Waals surface area (Å²) < 4.78 is 5.30. The first-order chi connectivity index (χ1) is 8.17. The predicted octanol–water partition coefficient (Wildman–Crippen LogP) is 3.35. The highest BCUT2D eigenvalue weighted by Gasteiger charge is 2.16. The Morgan fingerprint density at radius 2 is 2.18 bits per heavy atom. The number of nitrogens with zero attached hydrogens (tertiary/aromatic N) is 2. The summed E-state index contributed by atoms with van der Waals surface area (Å²) in [6, 6.07) is 0.578. The van der Waals surface area contributed by atoms with Crippen molar-refractivity contribution in [3.8, 4) is 0 Å². The van der Waals surface area contributed by atoms with Crippen LogP contribution in [0.25, 0.3) is 0 Å². The molecule has 1 N–H and O–H groups in total. The van der Waals surface area contributed by atoms with E-state index in [4.69, 9.17) is 0 Å². The highest BCUT2D eigenvalue weighted by Crippen LogP contribution is 2.23. The standard InChI is InChI=1S/C12H23N3S2/c1-5-7-13-11(9(3)6-2)8-16-12-14-10(4)15-17-12/h9,11,13H,5-8H2,1-4H3. The molecule has 2 atom stereocenters. The lowest BCUT2D eigenvalue weighted by atomic mass is 10.0. The van der Waals surface area contributed by atoms with Gasteiger partial charge < -0.3 is 5.32 Å². The molecule has 1 aromatic rings. The van der Waals surface area contributed by atoms with Gasteiger partial charge in [-0.1, -0.05) is 39.0 Å². The van der Waals surface area contributed by atoms with Crippen LogP contribution in [0.4, 0.5) is 0 Å². The minimum absolute atomic E-state index is 0.578. The molecular weight excluding hydrogens is 250 g/mol. The second kappa shape index (κ2) is 8.06. The maximum atomic E-state index is 4.39. The van der Waals surface area contributed by atoms with Crippen molar-refractivity contribution >= 4 is 23.3 Å². The minimum Gasteiger partial charge on any atom is -0.313 e. The summed E-state index contributed by atoms with van der Waals surface area (Å²) >= 11 is 3.33. The molecule has 0 fully saturated rings. The van der Waals surface area contributed by atoms with Gasteiger partial charge in [-0.05, 0) is 37.3 Å². The molecule has 0 aliphatic carbocycles. The largest absolute Gasteiger partial charge is 0.313 e. The normalized spacial score (nSPS) is 14.8. The van der Waals surface area contributed by atoms with Gasteiger partial charge >= 0.3 is 0 Å². The zero-order valence-electron chi connectivity index (χ0n) is 11.2. The van der Waals surface area contributed by atoms with Gasteiger partial charge in [0.05, 0.1) is 0 Å². The summed E-state index contributed by atoms with van der Waals surface area (Å²) in [6.07, 6.45) is 2.41. The molecule has 0 bridgehead atoms. The van der Waals surface area contributed by atoms with E-state index in [1.807, 2.05) is 18.7 Å². The molecule has 1 aromatic heterocycles. The first-order valence-corrected chi connectivity index (χ1v) is 8.09. The van der Waals surface area contributed by atoms with E-state index in [-0.39, 0.29) is 0 Å². The van der Waals surface area contributed by atoms with Gasteiger partial charge in [0, 0.05) is 11.8 Å². The summed E-state index contributed by atoms with van der Waals surface area (Å²) in [7, 11) is 0. The van der Waals surface area contributed by atoms with Crippen LogP contribution in [0.1, 0.15) is 39.4 Å². The number of aromatic nitrogens is 2. The Balaban J connectivity index is 2.42. The summed E-state index contributed by atoms with van der Waals surface area (Å²) in [5, 5.41) is 3.63. The number of nitrogens with one attached hydrogen (secondary N) is 1. The van der Waals surface area contributed by atoms with Crippen molar-refractivity contribution in [3.63, 3.8) is 0 Å². The van der Waals surface area contributed by atoms with Crippen molar-refractivity contribution in [1.29, 1.82) is 0 Å². The van der Waals surface area contributed by atoms with Crippen molar-refractivity contribution in [2.75, 3.05) is 12.3 Å². The smallest absolute Gasteiger partial charge is 0.170 e. The SMILES string of the molecule is CCCNC(CSc1nc(C)ns1)C(C)CC. The molecule has 0 saturated carbocycles. The average Bonchev–Trinajstić information content (AvgIpc) is 2.74. The Hall–Kier alpha value is -0.130. The molecule has 0 aliphatic rings. The van der Waals surface area contributed by atoms with Crippen LogP contribution in [-0.4, -0.2) is 27.7 Å². The third-order valence-electron chi connectivity index (χ3n) is 2.88. The van der Waals surface area contributed by atoms with Crippen molar-refractivity contribution in [3.05, 3.63) is 5.82 Å². The lowest BCUT2D eigenvalue weighted by Gasteiger charge is -2.23. The van der Waals surface area contributed by atoms with E-state index in [1.165, 1.54) is 24.4 Å². The van der Waals surface area contributed by atoms with Crippen LogP contribution >= 0.6 is 23.3 Å². The Morgan fingerprint density at radius 3 is 2.71 bits per heavy atom. The van der Waals surface area contributed by atoms with Crippen LogP contribution in [-0.2, 0) is 0 Å². The quantitative estimate of drug-likeness (QED) is 0.737. The number of aryl methyl sites for hydroxylation is 1. The molecule has 0 aliphatic heterocycles.